The molecule has 0 heterocycles. The Hall–Kier alpha value is -3.14. The van der Waals surface area contributed by atoms with E-state index in [0.717, 1.165) is 6.21 Å². The van der Waals surface area contributed by atoms with Gasteiger partial charge in [0.15, 0.2) is 12.3 Å². The first-order valence-electron chi connectivity index (χ1n) is 9.40. The van der Waals surface area contributed by atoms with Gasteiger partial charge in [-0.15, -0.1) is 0 Å². The first kappa shape index (κ1) is 25.1. The summed E-state index contributed by atoms with van der Waals surface area (Å²) in [7, 11) is 4.26. The first-order chi connectivity index (χ1) is 15.4. The van der Waals surface area contributed by atoms with E-state index in [1.54, 1.807) is 24.3 Å². The van der Waals surface area contributed by atoms with Gasteiger partial charge in [-0.2, -0.15) is 0 Å². The molecule has 32 heavy (non-hydrogen) atoms. The van der Waals surface area contributed by atoms with E-state index in [4.69, 9.17) is 18.9 Å². The van der Waals surface area contributed by atoms with E-state index in [0.29, 0.717) is 11.5 Å². The van der Waals surface area contributed by atoms with Crippen molar-refractivity contribution in [2.24, 2.45) is 5.16 Å². The zero-order valence-electron chi connectivity index (χ0n) is 17.7. The molecular formula is C22H23BrFNO7. The molecule has 0 aliphatic heterocycles. The van der Waals surface area contributed by atoms with Crippen LogP contribution in [0.3, 0.4) is 0 Å². The number of methoxy groups -OCH3 is 2. The number of nitrogens with zero attached hydrogens (tertiary/aromatic N) is 1. The minimum Gasteiger partial charge on any atom is -0.497 e. The number of ether oxygens (including phenoxy) is 4. The molecule has 0 spiro atoms. The van der Waals surface area contributed by atoms with E-state index >= 15 is 0 Å². The van der Waals surface area contributed by atoms with Gasteiger partial charge in [0.25, 0.3) is 0 Å². The Morgan fingerprint density at radius 1 is 0.938 bits per heavy atom. The quantitative estimate of drug-likeness (QED) is 0.196. The molecule has 0 aliphatic carbocycles. The predicted molar refractivity (Wildman–Crippen MR) is 119 cm³/mol. The van der Waals surface area contributed by atoms with Gasteiger partial charge in [-0.05, 0) is 48.5 Å². The van der Waals surface area contributed by atoms with Crippen LogP contribution in [0.4, 0.5) is 4.39 Å². The van der Waals surface area contributed by atoms with E-state index in [9.17, 15) is 14.0 Å². The van der Waals surface area contributed by atoms with Crippen LogP contribution in [-0.4, -0.2) is 63.2 Å². The summed E-state index contributed by atoms with van der Waals surface area (Å²) in [5.74, 6) is -0.254. The number of oxime groups is 1. The van der Waals surface area contributed by atoms with Crippen molar-refractivity contribution in [2.45, 2.75) is 17.1 Å². The van der Waals surface area contributed by atoms with E-state index in [2.05, 4.69) is 25.9 Å². The maximum Gasteiger partial charge on any atom is 0.338 e. The highest BCUT2D eigenvalue weighted by molar-refractivity contribution is 9.09. The molecule has 2 aromatic rings. The molecule has 0 saturated carbocycles. The molecular weight excluding hydrogens is 489 g/mol. The summed E-state index contributed by atoms with van der Waals surface area (Å²) in [5.41, 5.74) is 0.483. The second-order valence-corrected chi connectivity index (χ2v) is 7.50. The summed E-state index contributed by atoms with van der Waals surface area (Å²) in [4.78, 5) is 28.4. The predicted octanol–water partition coefficient (Wildman–Crippen LogP) is 3.82. The average molecular weight is 512 g/mol. The van der Waals surface area contributed by atoms with Crippen LogP contribution in [0.1, 0.15) is 20.7 Å². The molecule has 10 heteroatoms. The number of hydrogen-bond donors (Lipinski definition) is 0. The Morgan fingerprint density at radius 3 is 1.91 bits per heavy atom. The van der Waals surface area contributed by atoms with Gasteiger partial charge in [-0.25, -0.2) is 14.0 Å². The monoisotopic (exact) mass is 511 g/mol. The maximum absolute atomic E-state index is 14.7. The summed E-state index contributed by atoms with van der Waals surface area (Å²) in [5, 5.41) is 3.39. The number of carbonyl (C=O) groups excluding carboxylic acids is 2. The molecule has 0 amide bonds. The Kier molecular flexibility index (Phi) is 9.93. The molecule has 0 saturated heterocycles. The topological polar surface area (TPSA) is 92.7 Å². The highest BCUT2D eigenvalue weighted by Crippen LogP contribution is 2.20. The summed E-state index contributed by atoms with van der Waals surface area (Å²) in [6, 6.07) is 12.4. The van der Waals surface area contributed by atoms with Crippen LogP contribution in [0.5, 0.6) is 11.5 Å². The third-order valence-corrected chi connectivity index (χ3v) is 5.03. The molecule has 3 unspecified atom stereocenters. The lowest BCUT2D eigenvalue weighted by Crippen LogP contribution is -2.39. The third kappa shape index (κ3) is 7.23. The number of rotatable bonds is 11. The van der Waals surface area contributed by atoms with Crippen LogP contribution >= 0.6 is 15.9 Å². The zero-order chi connectivity index (χ0) is 23.5. The average Bonchev–Trinajstić information content (AvgIpc) is 2.83. The van der Waals surface area contributed by atoms with Gasteiger partial charge in [-0.3, -0.25) is 0 Å². The van der Waals surface area contributed by atoms with Crippen LogP contribution < -0.4 is 9.47 Å². The fraction of sp³-hybridized carbons (Fsp3) is 0.318. The number of benzene rings is 2. The van der Waals surface area contributed by atoms with Gasteiger partial charge < -0.3 is 23.8 Å². The van der Waals surface area contributed by atoms with Crippen molar-refractivity contribution in [3.8, 4) is 11.5 Å². The van der Waals surface area contributed by atoms with Crippen molar-refractivity contribution in [3.63, 3.8) is 0 Å². The van der Waals surface area contributed by atoms with Gasteiger partial charge in [0.05, 0.1) is 36.4 Å². The summed E-state index contributed by atoms with van der Waals surface area (Å²) in [6.07, 6.45) is -2.33. The highest BCUT2D eigenvalue weighted by atomic mass is 79.9. The molecule has 0 radical (unpaired) electrons. The van der Waals surface area contributed by atoms with Crippen molar-refractivity contribution < 1.29 is 37.8 Å². The number of halogens is 2. The summed E-state index contributed by atoms with van der Waals surface area (Å²) in [6.45, 7) is -0.271. The molecule has 0 aliphatic rings. The van der Waals surface area contributed by atoms with Crippen molar-refractivity contribution >= 4 is 34.1 Å². The van der Waals surface area contributed by atoms with Crippen molar-refractivity contribution in [3.05, 3.63) is 59.7 Å². The Morgan fingerprint density at radius 2 is 1.44 bits per heavy atom. The van der Waals surface area contributed by atoms with Crippen LogP contribution in [0.2, 0.25) is 0 Å². The molecule has 2 rings (SSSR count). The Labute approximate surface area is 193 Å². The summed E-state index contributed by atoms with van der Waals surface area (Å²) >= 11 is 3.25. The molecule has 0 bridgehead atoms. The Balaban J connectivity index is 2.07. The van der Waals surface area contributed by atoms with E-state index in [1.165, 1.54) is 45.6 Å². The van der Waals surface area contributed by atoms with E-state index in [1.807, 2.05) is 0 Å². The highest BCUT2D eigenvalue weighted by Gasteiger charge is 2.33. The smallest absolute Gasteiger partial charge is 0.338 e. The second kappa shape index (κ2) is 12.7. The number of alkyl halides is 2. The van der Waals surface area contributed by atoms with Crippen LogP contribution in [0, 0.1) is 0 Å². The zero-order valence-corrected chi connectivity index (χ0v) is 19.3. The van der Waals surface area contributed by atoms with E-state index < -0.39 is 29.0 Å². The molecule has 3 atom stereocenters. The Bertz CT molecular complexity index is 906. The molecule has 0 fully saturated rings. The molecule has 8 nitrogen and oxygen atoms in total. The largest absolute Gasteiger partial charge is 0.497 e. The standard InChI is InChI=1S/C22H23BrFNO7/c1-28-16-8-4-14(5-9-16)21(26)31-13-18(23)20(19(24)12-25-30-3)32-22(27)15-6-10-17(29-2)11-7-15/h4-12,18-20H,13H2,1-3H3/b25-12+. The second-order valence-electron chi connectivity index (χ2n) is 6.32. The molecule has 0 aromatic heterocycles. The number of esters is 2. The fourth-order valence-corrected chi connectivity index (χ4v) is 3.05. The lowest BCUT2D eigenvalue weighted by Gasteiger charge is -2.24. The lowest BCUT2D eigenvalue weighted by molar-refractivity contribution is 0.00846. The normalized spacial score (nSPS) is 13.7. The maximum atomic E-state index is 14.7. The summed E-state index contributed by atoms with van der Waals surface area (Å²) < 4.78 is 35.4. The van der Waals surface area contributed by atoms with Crippen LogP contribution in [0.25, 0.3) is 0 Å². The molecule has 172 valence electrons. The minimum atomic E-state index is -1.83. The number of hydrogen-bond acceptors (Lipinski definition) is 8. The van der Waals surface area contributed by atoms with Gasteiger partial charge in [0.1, 0.15) is 25.2 Å². The van der Waals surface area contributed by atoms with Crippen LogP contribution in [-0.2, 0) is 14.3 Å². The minimum absolute atomic E-state index is 0.196. The number of carbonyl (C=O) groups is 2. The first-order valence-corrected chi connectivity index (χ1v) is 10.3. The van der Waals surface area contributed by atoms with Crippen molar-refractivity contribution in [2.75, 3.05) is 27.9 Å². The van der Waals surface area contributed by atoms with Crippen LogP contribution in [0.15, 0.2) is 53.7 Å². The van der Waals surface area contributed by atoms with E-state index in [-0.39, 0.29) is 17.7 Å². The lowest BCUT2D eigenvalue weighted by atomic mass is 10.1. The van der Waals surface area contributed by atoms with Crippen molar-refractivity contribution in [1.82, 2.24) is 0 Å². The van der Waals surface area contributed by atoms with Gasteiger partial charge in [-0.1, -0.05) is 21.1 Å². The third-order valence-electron chi connectivity index (χ3n) is 4.25. The SMILES string of the molecule is CO/N=C/C(F)C(OC(=O)c1ccc(OC)cc1)C(Br)COC(=O)c1ccc(OC)cc1. The van der Waals surface area contributed by atoms with Gasteiger partial charge >= 0.3 is 11.9 Å². The van der Waals surface area contributed by atoms with Crippen molar-refractivity contribution in [1.29, 1.82) is 0 Å². The fourth-order valence-electron chi connectivity index (χ4n) is 2.52. The van der Waals surface area contributed by atoms with Gasteiger partial charge in [0.2, 0.25) is 0 Å². The van der Waals surface area contributed by atoms with Gasteiger partial charge in [0, 0.05) is 0 Å². The molecule has 0 N–H and O–H groups in total. The molecule has 2 aromatic carbocycles.